The Morgan fingerprint density at radius 2 is 1.02 bits per heavy atom. The number of hydrazine groups is 1. The molecule has 2 aliphatic heterocycles. The molecule has 2 fully saturated rings. The molecule has 2 aromatic carbocycles. The lowest BCUT2D eigenvalue weighted by molar-refractivity contribution is -0.150. The van der Waals surface area contributed by atoms with Crippen LogP contribution in [0.4, 0.5) is 0 Å². The highest BCUT2D eigenvalue weighted by Gasteiger charge is 2.49. The largest absolute Gasteiger partial charge is 0.391 e. The number of aliphatic hydroxyl groups is 2. The molecule has 0 spiro atoms. The fraction of sp³-hybridized carbons (Fsp3) is 0.591. The number of amides is 2. The van der Waals surface area contributed by atoms with E-state index in [1.165, 1.54) is 38.5 Å². The predicted octanol–water partition coefficient (Wildman–Crippen LogP) is 6.65. The van der Waals surface area contributed by atoms with Crippen molar-refractivity contribution in [3.8, 4) is 22.8 Å². The number of unbranched alkanes of at least 4 members (excludes halogenated alkanes) is 8. The molecule has 0 aliphatic carbocycles. The topological polar surface area (TPSA) is 183 Å². The standard InChI is InChI=1S/C44H62N8O6/c1-5-7-9-11-13-15-37-47-41(49-57-37)33-21-17-31(18-22-33)29(3)45-43(55)39-35(53)25-27-51(39)52-28-26-36(54)40(52)44(56)46-30(4)32-19-23-34(24-20-32)42-48-38(58-50-42)16-14-12-10-8-6-2/h17-24,29-30,35-36,39-40,53-54H,5-16,25-28H2,1-4H3,(H,45,55)(H,46,56)/t29-,30+,35-,36-,39-,40-/m0/s1. The van der Waals surface area contributed by atoms with Gasteiger partial charge in [-0.1, -0.05) is 124 Å². The van der Waals surface area contributed by atoms with Crippen molar-refractivity contribution >= 4 is 11.8 Å². The van der Waals surface area contributed by atoms with Crippen LogP contribution in [0, 0.1) is 0 Å². The lowest BCUT2D eigenvalue weighted by Gasteiger charge is -2.37. The van der Waals surface area contributed by atoms with Gasteiger partial charge in [-0.2, -0.15) is 9.97 Å². The van der Waals surface area contributed by atoms with Crippen LogP contribution in [-0.2, 0) is 22.4 Å². The minimum atomic E-state index is -0.936. The zero-order valence-electron chi connectivity index (χ0n) is 34.6. The zero-order chi connectivity index (χ0) is 41.0. The summed E-state index contributed by atoms with van der Waals surface area (Å²) < 4.78 is 11.0. The van der Waals surface area contributed by atoms with Crippen LogP contribution >= 0.6 is 0 Å². The Balaban J connectivity index is 1.02. The minimum Gasteiger partial charge on any atom is -0.391 e. The highest BCUT2D eigenvalue weighted by Crippen LogP contribution is 2.30. The van der Waals surface area contributed by atoms with Gasteiger partial charge in [0.15, 0.2) is 0 Å². The Kier molecular flexibility index (Phi) is 15.6. The number of hydrogen-bond donors (Lipinski definition) is 4. The van der Waals surface area contributed by atoms with Crippen molar-refractivity contribution in [2.45, 2.75) is 154 Å². The maximum atomic E-state index is 13.8. The van der Waals surface area contributed by atoms with Gasteiger partial charge in [0.2, 0.25) is 35.2 Å². The molecule has 0 radical (unpaired) electrons. The number of rotatable bonds is 21. The van der Waals surface area contributed by atoms with E-state index in [1.54, 1.807) is 10.0 Å². The fourth-order valence-corrected chi connectivity index (χ4v) is 8.03. The summed E-state index contributed by atoms with van der Waals surface area (Å²) in [7, 11) is 0. The van der Waals surface area contributed by atoms with E-state index in [2.05, 4.69) is 44.8 Å². The molecule has 4 aromatic rings. The lowest BCUT2D eigenvalue weighted by atomic mass is 10.0. The SMILES string of the molecule is CCCCCCCc1nc(-c2ccc([C@H](C)NC(=O)[C@@H]3[C@@H](O)CCN3N3CC[C@H](O)[C@H]3C(=O)N[C@H](C)c3ccc(-c4noc(CCCCCCC)n4)cc3)cc2)no1. The van der Waals surface area contributed by atoms with Crippen molar-refractivity contribution < 1.29 is 28.8 Å². The number of aryl methyl sites for hydroxylation is 2. The molecular formula is C44H62N8O6. The first-order valence-electron chi connectivity index (χ1n) is 21.5. The van der Waals surface area contributed by atoms with Gasteiger partial charge in [0.05, 0.1) is 24.3 Å². The molecule has 2 aromatic heterocycles. The lowest BCUT2D eigenvalue weighted by Crippen LogP contribution is -2.60. The molecule has 4 heterocycles. The molecule has 6 rings (SSSR count). The third-order valence-corrected chi connectivity index (χ3v) is 11.5. The number of carbonyl (C=O) groups excluding carboxylic acids is 2. The summed E-state index contributed by atoms with van der Waals surface area (Å²) in [6.07, 6.45) is 12.0. The summed E-state index contributed by atoms with van der Waals surface area (Å²) in [6.45, 7) is 8.93. The van der Waals surface area contributed by atoms with E-state index in [4.69, 9.17) is 9.05 Å². The summed E-state index contributed by atoms with van der Waals surface area (Å²) in [6, 6.07) is 12.8. The van der Waals surface area contributed by atoms with Gasteiger partial charge in [-0.15, -0.1) is 0 Å². The average Bonchev–Trinajstić information content (AvgIpc) is 4.05. The van der Waals surface area contributed by atoms with Gasteiger partial charge < -0.3 is 29.9 Å². The monoisotopic (exact) mass is 798 g/mol. The maximum Gasteiger partial charge on any atom is 0.241 e. The normalized spacial score (nSPS) is 21.0. The number of hydrogen-bond acceptors (Lipinski definition) is 12. The first-order chi connectivity index (χ1) is 28.2. The predicted molar refractivity (Wildman–Crippen MR) is 220 cm³/mol. The Morgan fingerprint density at radius 3 is 1.40 bits per heavy atom. The van der Waals surface area contributed by atoms with Gasteiger partial charge in [-0.05, 0) is 50.7 Å². The fourth-order valence-electron chi connectivity index (χ4n) is 8.03. The van der Waals surface area contributed by atoms with Crippen LogP contribution < -0.4 is 10.6 Å². The Morgan fingerprint density at radius 1 is 0.638 bits per heavy atom. The second-order valence-corrected chi connectivity index (χ2v) is 16.0. The van der Waals surface area contributed by atoms with Gasteiger partial charge >= 0.3 is 0 Å². The molecule has 0 unspecified atom stereocenters. The van der Waals surface area contributed by atoms with Crippen LogP contribution in [0.25, 0.3) is 22.8 Å². The first-order valence-corrected chi connectivity index (χ1v) is 21.5. The molecule has 4 N–H and O–H groups in total. The number of benzene rings is 2. The van der Waals surface area contributed by atoms with Crippen molar-refractivity contribution in [3.63, 3.8) is 0 Å². The molecule has 2 amide bonds. The number of aromatic nitrogens is 4. The zero-order valence-corrected chi connectivity index (χ0v) is 34.6. The molecule has 14 heteroatoms. The Labute approximate surface area is 342 Å². The van der Waals surface area contributed by atoms with Gasteiger partial charge in [-0.25, -0.2) is 10.0 Å². The van der Waals surface area contributed by atoms with Crippen molar-refractivity contribution in [1.29, 1.82) is 0 Å². The van der Waals surface area contributed by atoms with Gasteiger partial charge in [0, 0.05) is 37.1 Å². The average molecular weight is 799 g/mol. The van der Waals surface area contributed by atoms with Crippen molar-refractivity contribution in [2.24, 2.45) is 0 Å². The third kappa shape index (κ3) is 11.0. The van der Waals surface area contributed by atoms with Crippen LogP contribution in [0.3, 0.4) is 0 Å². The molecule has 0 saturated carbocycles. The minimum absolute atomic E-state index is 0.349. The molecule has 58 heavy (non-hydrogen) atoms. The van der Waals surface area contributed by atoms with Gasteiger partial charge in [0.25, 0.3) is 0 Å². The maximum absolute atomic E-state index is 13.8. The van der Waals surface area contributed by atoms with E-state index >= 15 is 0 Å². The van der Waals surface area contributed by atoms with E-state index in [0.717, 1.165) is 60.8 Å². The van der Waals surface area contributed by atoms with Crippen LogP contribution in [-0.4, -0.2) is 89.7 Å². The van der Waals surface area contributed by atoms with Crippen LogP contribution in [0.2, 0.25) is 0 Å². The summed E-state index contributed by atoms with van der Waals surface area (Å²) in [5, 5.41) is 40.1. The second-order valence-electron chi connectivity index (χ2n) is 16.0. The summed E-state index contributed by atoms with van der Waals surface area (Å²) in [5.74, 6) is 1.65. The Hall–Kier alpha value is -4.50. The third-order valence-electron chi connectivity index (χ3n) is 11.5. The molecular weight excluding hydrogens is 737 g/mol. The molecule has 0 bridgehead atoms. The summed E-state index contributed by atoms with van der Waals surface area (Å²) in [5.41, 5.74) is 3.40. The van der Waals surface area contributed by atoms with Gasteiger partial charge in [0.1, 0.15) is 12.1 Å². The number of aliphatic hydroxyl groups excluding tert-OH is 2. The summed E-state index contributed by atoms with van der Waals surface area (Å²) in [4.78, 5) is 36.8. The molecule has 314 valence electrons. The molecule has 2 saturated heterocycles. The van der Waals surface area contributed by atoms with Crippen LogP contribution in [0.1, 0.15) is 140 Å². The Bertz CT molecular complexity index is 1750. The van der Waals surface area contributed by atoms with Crippen LogP contribution in [0.15, 0.2) is 57.6 Å². The first kappa shape index (κ1) is 43.1. The highest BCUT2D eigenvalue weighted by atomic mass is 16.5. The number of carbonyl (C=O) groups is 2. The van der Waals surface area contributed by atoms with E-state index in [-0.39, 0.29) is 23.9 Å². The van der Waals surface area contributed by atoms with Crippen molar-refractivity contribution in [2.75, 3.05) is 13.1 Å². The molecule has 6 atom stereocenters. The second kappa shape index (κ2) is 21.0. The van der Waals surface area contributed by atoms with E-state index in [1.807, 2.05) is 62.4 Å². The number of nitrogens with one attached hydrogen (secondary N) is 2. The number of nitrogens with zero attached hydrogens (tertiary/aromatic N) is 6. The van der Waals surface area contributed by atoms with Gasteiger partial charge in [-0.3, -0.25) is 9.59 Å². The van der Waals surface area contributed by atoms with E-state index in [0.29, 0.717) is 49.4 Å². The van der Waals surface area contributed by atoms with Crippen LogP contribution in [0.5, 0.6) is 0 Å². The van der Waals surface area contributed by atoms with Crippen molar-refractivity contribution in [1.82, 2.24) is 40.9 Å². The van der Waals surface area contributed by atoms with Crippen molar-refractivity contribution in [3.05, 3.63) is 71.4 Å². The smallest absolute Gasteiger partial charge is 0.241 e. The quantitative estimate of drug-likeness (QED) is 0.0660. The summed E-state index contributed by atoms with van der Waals surface area (Å²) >= 11 is 0. The molecule has 14 nitrogen and oxygen atoms in total. The highest BCUT2D eigenvalue weighted by molar-refractivity contribution is 5.85. The molecule has 2 aliphatic rings. The van der Waals surface area contributed by atoms with E-state index in [9.17, 15) is 19.8 Å². The van der Waals surface area contributed by atoms with E-state index < -0.39 is 24.3 Å².